The molecule has 7 heteroatoms. The molecule has 1 saturated heterocycles. The topological polar surface area (TPSA) is 47.4 Å². The van der Waals surface area contributed by atoms with E-state index in [0.717, 1.165) is 42.3 Å². The van der Waals surface area contributed by atoms with Crippen LogP contribution in [-0.4, -0.2) is 39.8 Å². The van der Waals surface area contributed by atoms with Crippen molar-refractivity contribution >= 4 is 5.91 Å². The van der Waals surface area contributed by atoms with Crippen LogP contribution in [0.4, 0.5) is 8.78 Å². The number of hydrogen-bond donors (Lipinski definition) is 0. The van der Waals surface area contributed by atoms with Gasteiger partial charge in [0.25, 0.3) is 5.91 Å². The largest absolute Gasteiger partial charge is 0.487 e. The molecule has 2 aromatic carbocycles. The lowest BCUT2D eigenvalue weighted by atomic mass is 10.1. The van der Waals surface area contributed by atoms with Gasteiger partial charge in [-0.15, -0.1) is 0 Å². The average Bonchev–Trinajstić information content (AvgIpc) is 3.39. The van der Waals surface area contributed by atoms with Crippen LogP contribution < -0.4 is 4.74 Å². The van der Waals surface area contributed by atoms with Gasteiger partial charge in [-0.05, 0) is 43.5 Å². The number of carbonyl (C=O) groups excluding carboxylic acids is 1. The van der Waals surface area contributed by atoms with Crippen LogP contribution in [0.5, 0.6) is 5.75 Å². The van der Waals surface area contributed by atoms with E-state index in [9.17, 15) is 13.6 Å². The van der Waals surface area contributed by atoms with Gasteiger partial charge in [0.05, 0.1) is 5.69 Å². The number of hydrogen-bond acceptors (Lipinski definition) is 3. The highest BCUT2D eigenvalue weighted by Crippen LogP contribution is 2.29. The van der Waals surface area contributed by atoms with E-state index in [-0.39, 0.29) is 17.8 Å². The summed E-state index contributed by atoms with van der Waals surface area (Å²) >= 11 is 0. The second kappa shape index (κ2) is 8.13. The average molecular weight is 423 g/mol. The summed E-state index contributed by atoms with van der Waals surface area (Å²) in [6.07, 6.45) is 3.78. The Bertz CT molecular complexity index is 1110. The highest BCUT2D eigenvalue weighted by Gasteiger charge is 2.32. The van der Waals surface area contributed by atoms with Crippen LogP contribution in [0.1, 0.15) is 41.0 Å². The molecule has 2 aliphatic rings. The normalized spacial score (nSPS) is 16.4. The number of para-hydroxylation sites is 1. The first-order valence-corrected chi connectivity index (χ1v) is 10.7. The van der Waals surface area contributed by atoms with E-state index in [4.69, 9.17) is 9.84 Å². The Morgan fingerprint density at radius 1 is 1.03 bits per heavy atom. The minimum atomic E-state index is -0.708. The molecule has 3 aromatic rings. The van der Waals surface area contributed by atoms with Crippen molar-refractivity contribution in [3.8, 4) is 11.4 Å². The van der Waals surface area contributed by atoms with Gasteiger partial charge in [-0.2, -0.15) is 5.10 Å². The molecule has 0 saturated carbocycles. The van der Waals surface area contributed by atoms with Crippen LogP contribution in [-0.2, 0) is 12.8 Å². The Labute approximate surface area is 179 Å². The Kier molecular flexibility index (Phi) is 5.18. The molecule has 0 spiro atoms. The van der Waals surface area contributed by atoms with Crippen LogP contribution in [0, 0.1) is 11.6 Å². The van der Waals surface area contributed by atoms with Gasteiger partial charge in [0, 0.05) is 43.3 Å². The van der Waals surface area contributed by atoms with Crippen LogP contribution in [0.25, 0.3) is 5.69 Å². The van der Waals surface area contributed by atoms with Crippen LogP contribution in [0.2, 0.25) is 0 Å². The second-order valence-corrected chi connectivity index (χ2v) is 8.06. The molecule has 0 unspecified atom stereocenters. The number of halogens is 2. The smallest absolute Gasteiger partial charge is 0.274 e. The van der Waals surface area contributed by atoms with Crippen molar-refractivity contribution in [2.45, 2.75) is 38.2 Å². The van der Waals surface area contributed by atoms with E-state index in [2.05, 4.69) is 0 Å². The summed E-state index contributed by atoms with van der Waals surface area (Å²) in [6, 6.07) is 13.2. The number of ether oxygens (including phenoxy) is 1. The Morgan fingerprint density at radius 3 is 2.55 bits per heavy atom. The zero-order chi connectivity index (χ0) is 21.4. The Morgan fingerprint density at radius 2 is 1.81 bits per heavy atom. The van der Waals surface area contributed by atoms with E-state index in [1.807, 2.05) is 35.0 Å². The molecule has 0 N–H and O–H groups in total. The fourth-order valence-electron chi connectivity index (χ4n) is 4.47. The molecule has 0 radical (unpaired) electrons. The summed E-state index contributed by atoms with van der Waals surface area (Å²) in [4.78, 5) is 15.1. The van der Waals surface area contributed by atoms with Gasteiger partial charge < -0.3 is 9.64 Å². The molecule has 160 valence electrons. The molecule has 1 fully saturated rings. The summed E-state index contributed by atoms with van der Waals surface area (Å²) in [6.45, 7) is 1.03. The third-order valence-electron chi connectivity index (χ3n) is 6.05. The molecular weight excluding hydrogens is 400 g/mol. The molecular formula is C24H23F2N3O2. The SMILES string of the molecule is O=C(c1nn(-c2ccccc2)c2c1CCC2)N1CCC(Oc2ccc(F)cc2F)CC1. The molecule has 0 atom stereocenters. The van der Waals surface area contributed by atoms with Gasteiger partial charge in [0.1, 0.15) is 11.9 Å². The van der Waals surface area contributed by atoms with Crippen LogP contribution in [0.15, 0.2) is 48.5 Å². The van der Waals surface area contributed by atoms with E-state index in [1.54, 1.807) is 4.90 Å². The van der Waals surface area contributed by atoms with Gasteiger partial charge in [-0.3, -0.25) is 4.79 Å². The summed E-state index contributed by atoms with van der Waals surface area (Å²) in [5.41, 5.74) is 3.69. The molecule has 1 aliphatic carbocycles. The zero-order valence-corrected chi connectivity index (χ0v) is 17.1. The molecule has 1 amide bonds. The van der Waals surface area contributed by atoms with Crippen LogP contribution >= 0.6 is 0 Å². The first-order chi connectivity index (χ1) is 15.1. The molecule has 5 rings (SSSR count). The van der Waals surface area contributed by atoms with Gasteiger partial charge in [-0.25, -0.2) is 13.5 Å². The van der Waals surface area contributed by atoms with Crippen molar-refractivity contribution in [2.75, 3.05) is 13.1 Å². The lowest BCUT2D eigenvalue weighted by Gasteiger charge is -2.32. The molecule has 2 heterocycles. The minimum Gasteiger partial charge on any atom is -0.487 e. The predicted octanol–water partition coefficient (Wildman–Crippen LogP) is 4.32. The summed E-state index contributed by atoms with van der Waals surface area (Å²) in [7, 11) is 0. The monoisotopic (exact) mass is 423 g/mol. The third-order valence-corrected chi connectivity index (χ3v) is 6.05. The van der Waals surface area contributed by atoms with Crippen molar-refractivity contribution in [1.29, 1.82) is 0 Å². The maximum Gasteiger partial charge on any atom is 0.274 e. The number of rotatable bonds is 4. The van der Waals surface area contributed by atoms with Crippen molar-refractivity contribution in [3.63, 3.8) is 0 Å². The molecule has 1 aliphatic heterocycles. The van der Waals surface area contributed by atoms with E-state index in [1.165, 1.54) is 12.1 Å². The minimum absolute atomic E-state index is 0.0469. The zero-order valence-electron chi connectivity index (χ0n) is 17.1. The van der Waals surface area contributed by atoms with Crippen molar-refractivity contribution in [1.82, 2.24) is 14.7 Å². The van der Waals surface area contributed by atoms with Gasteiger partial charge in [0.2, 0.25) is 0 Å². The molecule has 31 heavy (non-hydrogen) atoms. The van der Waals surface area contributed by atoms with Crippen molar-refractivity contribution in [2.24, 2.45) is 0 Å². The fraction of sp³-hybridized carbons (Fsp3) is 0.333. The lowest BCUT2D eigenvalue weighted by Crippen LogP contribution is -2.42. The van der Waals surface area contributed by atoms with Gasteiger partial charge in [0.15, 0.2) is 17.3 Å². The number of piperidine rings is 1. The number of aromatic nitrogens is 2. The maximum absolute atomic E-state index is 13.9. The van der Waals surface area contributed by atoms with E-state index in [0.29, 0.717) is 31.6 Å². The lowest BCUT2D eigenvalue weighted by molar-refractivity contribution is 0.0581. The van der Waals surface area contributed by atoms with Crippen molar-refractivity contribution < 1.29 is 18.3 Å². The summed E-state index contributed by atoms with van der Waals surface area (Å²) < 4.78 is 34.6. The van der Waals surface area contributed by atoms with Gasteiger partial charge in [-0.1, -0.05) is 18.2 Å². The third kappa shape index (κ3) is 3.80. The standard InChI is InChI=1S/C24H23F2N3O2/c25-16-9-10-22(20(26)15-16)31-18-11-13-28(14-12-18)24(30)23-19-7-4-8-21(19)29(27-23)17-5-2-1-3-6-17/h1-3,5-6,9-10,15,18H,4,7-8,11-14H2. The number of benzene rings is 2. The first-order valence-electron chi connectivity index (χ1n) is 10.7. The van der Waals surface area contributed by atoms with E-state index >= 15 is 0 Å². The number of nitrogens with zero attached hydrogens (tertiary/aromatic N) is 3. The highest BCUT2D eigenvalue weighted by molar-refractivity contribution is 5.94. The number of likely N-dealkylation sites (tertiary alicyclic amines) is 1. The second-order valence-electron chi connectivity index (χ2n) is 8.06. The molecule has 1 aromatic heterocycles. The Balaban J connectivity index is 1.29. The summed E-state index contributed by atoms with van der Waals surface area (Å²) in [5, 5.41) is 4.69. The molecule has 0 bridgehead atoms. The molecule has 5 nitrogen and oxygen atoms in total. The number of amides is 1. The number of fused-ring (bicyclic) bond motifs is 1. The first kappa shape index (κ1) is 19.7. The Hall–Kier alpha value is -3.22. The van der Waals surface area contributed by atoms with Gasteiger partial charge >= 0.3 is 0 Å². The fourth-order valence-corrected chi connectivity index (χ4v) is 4.47. The van der Waals surface area contributed by atoms with Crippen LogP contribution in [0.3, 0.4) is 0 Å². The predicted molar refractivity (Wildman–Crippen MR) is 112 cm³/mol. The van der Waals surface area contributed by atoms with Crippen molar-refractivity contribution in [3.05, 3.63) is 77.1 Å². The van der Waals surface area contributed by atoms with E-state index < -0.39 is 11.6 Å². The highest BCUT2D eigenvalue weighted by atomic mass is 19.1. The summed E-state index contributed by atoms with van der Waals surface area (Å²) in [5.74, 6) is -1.35. The maximum atomic E-state index is 13.9. The quantitative estimate of drug-likeness (QED) is 0.628. The number of carbonyl (C=O) groups is 1.